The normalized spacial score (nSPS) is 11.1. The molecule has 3 aromatic rings. The summed E-state index contributed by atoms with van der Waals surface area (Å²) in [6.07, 6.45) is 1.29. The zero-order valence-electron chi connectivity index (χ0n) is 12.5. The van der Waals surface area contributed by atoms with Gasteiger partial charge in [0.15, 0.2) is 5.69 Å². The number of carbonyl (C=O) groups is 1. The van der Waals surface area contributed by atoms with Crippen molar-refractivity contribution in [3.63, 3.8) is 0 Å². The topological polar surface area (TPSA) is 180 Å². The molecule has 1 amide bonds. The summed E-state index contributed by atoms with van der Waals surface area (Å²) in [4.78, 5) is 22.7. The average Bonchev–Trinajstić information content (AvgIpc) is 3.27. The summed E-state index contributed by atoms with van der Waals surface area (Å²) >= 11 is 0.924. The van der Waals surface area contributed by atoms with Crippen molar-refractivity contribution in [1.29, 1.82) is 0 Å². The van der Waals surface area contributed by atoms with Gasteiger partial charge in [-0.1, -0.05) is 16.6 Å². The summed E-state index contributed by atoms with van der Waals surface area (Å²) in [7, 11) is 0. The number of thiophene rings is 1. The molecule has 0 radical (unpaired) electrons. The first-order valence-electron chi connectivity index (χ1n) is 6.55. The molecule has 25 heavy (non-hydrogen) atoms. The molecule has 0 aliphatic heterocycles. The van der Waals surface area contributed by atoms with E-state index in [0.29, 0.717) is 10.6 Å². The number of nitrogens with zero attached hydrogens (tertiary/aromatic N) is 7. The lowest BCUT2D eigenvalue weighted by atomic mass is 10.3. The van der Waals surface area contributed by atoms with Crippen molar-refractivity contribution in [2.24, 2.45) is 5.10 Å². The third kappa shape index (κ3) is 3.18. The molecule has 0 spiro atoms. The predicted octanol–water partition coefficient (Wildman–Crippen LogP) is 0.275. The molecule has 0 saturated heterocycles. The molecule has 128 valence electrons. The van der Waals surface area contributed by atoms with Gasteiger partial charge in [0.1, 0.15) is 0 Å². The first-order valence-corrected chi connectivity index (χ1v) is 7.37. The minimum Gasteiger partial charge on any atom is -0.378 e. The van der Waals surface area contributed by atoms with Crippen LogP contribution in [-0.2, 0) is 0 Å². The number of nitro groups is 1. The lowest BCUT2D eigenvalue weighted by Gasteiger charge is -1.98. The minimum atomic E-state index is -0.624. The second-order valence-corrected chi connectivity index (χ2v) is 5.63. The minimum absolute atomic E-state index is 0.00253. The molecule has 0 aromatic carbocycles. The maximum Gasteiger partial charge on any atom is 0.324 e. The Morgan fingerprint density at radius 3 is 2.96 bits per heavy atom. The Morgan fingerprint density at radius 2 is 2.32 bits per heavy atom. The lowest BCUT2D eigenvalue weighted by Crippen LogP contribution is -2.19. The van der Waals surface area contributed by atoms with Crippen LogP contribution >= 0.6 is 11.3 Å². The molecule has 13 nitrogen and oxygen atoms in total. The third-order valence-electron chi connectivity index (χ3n) is 2.96. The summed E-state index contributed by atoms with van der Waals surface area (Å²) in [6, 6.07) is 2.86. The standard InChI is InChI=1S/C11H9N9O4S/c1-5-8(14-18-19(5)10-9(12)16-24-17-10)11(21)15-13-4-6-2-3-7(25-6)20(22)23/h2-4H,1H3,(H2,12,16)(H,15,21)/b13-4-. The summed E-state index contributed by atoms with van der Waals surface area (Å²) in [5.74, 6) is -0.517. The van der Waals surface area contributed by atoms with Crippen LogP contribution in [0.3, 0.4) is 0 Å². The maximum absolute atomic E-state index is 12.1. The highest BCUT2D eigenvalue weighted by Crippen LogP contribution is 2.22. The van der Waals surface area contributed by atoms with Crippen LogP contribution in [0.5, 0.6) is 0 Å². The molecule has 0 aliphatic rings. The van der Waals surface area contributed by atoms with E-state index in [4.69, 9.17) is 5.73 Å². The zero-order chi connectivity index (χ0) is 18.0. The molecule has 0 bridgehead atoms. The largest absolute Gasteiger partial charge is 0.378 e. The molecule has 3 N–H and O–H groups in total. The molecule has 3 rings (SSSR count). The van der Waals surface area contributed by atoms with E-state index in [1.807, 2.05) is 0 Å². The molecular weight excluding hydrogens is 354 g/mol. The van der Waals surface area contributed by atoms with Gasteiger partial charge in [0.05, 0.1) is 21.7 Å². The van der Waals surface area contributed by atoms with E-state index in [0.717, 1.165) is 11.3 Å². The van der Waals surface area contributed by atoms with Crippen LogP contribution in [0.2, 0.25) is 0 Å². The maximum atomic E-state index is 12.1. The Labute approximate surface area is 142 Å². The number of amides is 1. The summed E-state index contributed by atoms with van der Waals surface area (Å²) < 4.78 is 5.67. The van der Waals surface area contributed by atoms with Gasteiger partial charge in [-0.25, -0.2) is 10.1 Å². The van der Waals surface area contributed by atoms with E-state index < -0.39 is 10.8 Å². The first kappa shape index (κ1) is 16.2. The van der Waals surface area contributed by atoms with Crippen LogP contribution < -0.4 is 11.2 Å². The Bertz CT molecular complexity index is 972. The van der Waals surface area contributed by atoms with E-state index in [-0.39, 0.29) is 22.3 Å². The summed E-state index contributed by atoms with van der Waals surface area (Å²) in [5.41, 5.74) is 8.17. The van der Waals surface area contributed by atoms with Gasteiger partial charge in [0, 0.05) is 6.07 Å². The van der Waals surface area contributed by atoms with Gasteiger partial charge < -0.3 is 5.73 Å². The van der Waals surface area contributed by atoms with Crippen LogP contribution in [0.15, 0.2) is 21.9 Å². The Morgan fingerprint density at radius 1 is 1.52 bits per heavy atom. The van der Waals surface area contributed by atoms with Crippen molar-refractivity contribution < 1.29 is 14.3 Å². The van der Waals surface area contributed by atoms with E-state index in [9.17, 15) is 14.9 Å². The van der Waals surface area contributed by atoms with E-state index >= 15 is 0 Å². The molecule has 0 aliphatic carbocycles. The molecule has 0 unspecified atom stereocenters. The highest BCUT2D eigenvalue weighted by atomic mass is 32.1. The number of hydrogen-bond donors (Lipinski definition) is 2. The lowest BCUT2D eigenvalue weighted by molar-refractivity contribution is -0.380. The van der Waals surface area contributed by atoms with Crippen LogP contribution in [0, 0.1) is 17.0 Å². The summed E-state index contributed by atoms with van der Waals surface area (Å²) in [5, 5.41) is 28.8. The van der Waals surface area contributed by atoms with E-state index in [1.54, 1.807) is 6.92 Å². The SMILES string of the molecule is Cc1c(C(=O)N/N=C\c2ccc([N+](=O)[O-])s2)nnn1-c1nonc1N. The van der Waals surface area contributed by atoms with Gasteiger partial charge in [-0.05, 0) is 23.3 Å². The predicted molar refractivity (Wildman–Crippen MR) is 84.4 cm³/mol. The quantitative estimate of drug-likeness (QED) is 0.365. The number of carbonyl (C=O) groups excluding carboxylic acids is 1. The molecule has 0 saturated carbocycles. The van der Waals surface area contributed by atoms with Crippen molar-refractivity contribution in [3.8, 4) is 5.82 Å². The number of anilines is 1. The molecule has 0 fully saturated rings. The number of nitrogens with one attached hydrogen (secondary N) is 1. The van der Waals surface area contributed by atoms with Crippen molar-refractivity contribution in [2.45, 2.75) is 6.92 Å². The first-order chi connectivity index (χ1) is 12.0. The highest BCUT2D eigenvalue weighted by molar-refractivity contribution is 7.16. The monoisotopic (exact) mass is 363 g/mol. The van der Waals surface area contributed by atoms with Crippen molar-refractivity contribution >= 4 is 34.3 Å². The number of hydrazone groups is 1. The van der Waals surface area contributed by atoms with Crippen molar-refractivity contribution in [2.75, 3.05) is 5.73 Å². The van der Waals surface area contributed by atoms with E-state index in [1.165, 1.54) is 23.0 Å². The van der Waals surface area contributed by atoms with Crippen LogP contribution in [0.25, 0.3) is 5.82 Å². The van der Waals surface area contributed by atoms with Crippen LogP contribution in [0.1, 0.15) is 21.1 Å². The average molecular weight is 363 g/mol. The summed E-state index contributed by atoms with van der Waals surface area (Å²) in [6.45, 7) is 1.58. The second-order valence-electron chi connectivity index (χ2n) is 4.54. The number of aromatic nitrogens is 5. The van der Waals surface area contributed by atoms with Gasteiger partial charge in [0.25, 0.3) is 5.91 Å². The second kappa shape index (κ2) is 6.44. The molecule has 0 atom stereocenters. The number of nitrogen functional groups attached to an aromatic ring is 1. The third-order valence-corrected chi connectivity index (χ3v) is 3.93. The van der Waals surface area contributed by atoms with Gasteiger partial charge in [-0.2, -0.15) is 9.78 Å². The molecule has 3 aromatic heterocycles. The van der Waals surface area contributed by atoms with Gasteiger partial charge in [0.2, 0.25) is 11.6 Å². The van der Waals surface area contributed by atoms with Crippen LogP contribution in [-0.4, -0.2) is 42.4 Å². The zero-order valence-corrected chi connectivity index (χ0v) is 13.3. The Hall–Kier alpha value is -3.68. The molecule has 3 heterocycles. The number of rotatable bonds is 5. The molecule has 14 heteroatoms. The van der Waals surface area contributed by atoms with Crippen molar-refractivity contribution in [1.82, 2.24) is 30.7 Å². The number of nitrogens with two attached hydrogens (primary N) is 1. The Balaban J connectivity index is 1.71. The smallest absolute Gasteiger partial charge is 0.324 e. The highest BCUT2D eigenvalue weighted by Gasteiger charge is 2.20. The van der Waals surface area contributed by atoms with Gasteiger partial charge in [-0.15, -0.1) is 5.10 Å². The fourth-order valence-electron chi connectivity index (χ4n) is 1.80. The fraction of sp³-hybridized carbons (Fsp3) is 0.0909. The van der Waals surface area contributed by atoms with Gasteiger partial charge >= 0.3 is 5.00 Å². The number of hydrogen-bond acceptors (Lipinski definition) is 11. The van der Waals surface area contributed by atoms with Gasteiger partial charge in [-0.3, -0.25) is 14.9 Å². The fourth-order valence-corrected chi connectivity index (χ4v) is 2.49. The Kier molecular flexibility index (Phi) is 4.17. The van der Waals surface area contributed by atoms with Crippen molar-refractivity contribution in [3.05, 3.63) is 38.5 Å². The van der Waals surface area contributed by atoms with E-state index in [2.05, 4.69) is 35.8 Å². The molecular formula is C11H9N9O4S. The van der Waals surface area contributed by atoms with Crippen LogP contribution in [0.4, 0.5) is 10.8 Å².